The lowest BCUT2D eigenvalue weighted by Gasteiger charge is -2.12. The molecule has 1 amide bonds. The van der Waals surface area contributed by atoms with Crippen LogP contribution in [0.1, 0.15) is 34.5 Å². The maximum atomic E-state index is 12.2. The predicted octanol–water partition coefficient (Wildman–Crippen LogP) is 4.42. The second-order valence-corrected chi connectivity index (χ2v) is 7.77. The van der Waals surface area contributed by atoms with E-state index in [9.17, 15) is 4.79 Å². The number of aryl methyl sites for hydroxylation is 2. The summed E-state index contributed by atoms with van der Waals surface area (Å²) in [6.07, 6.45) is 0.328. The van der Waals surface area contributed by atoms with Gasteiger partial charge in [0.2, 0.25) is 5.91 Å². The van der Waals surface area contributed by atoms with Gasteiger partial charge in [-0.3, -0.25) is 4.79 Å². The lowest BCUT2D eigenvalue weighted by Crippen LogP contribution is -2.38. The SMILES string of the molecule is CCNC(=NCc1sc(C)nc1C)NCCC(=O)Nc1cccc(Cl)c1C.I. The number of aliphatic imine (C=N–C) groups is 1. The standard InChI is InChI=1S/C19H26ClN5OS.HI/c1-5-21-19(23-11-17-13(3)24-14(4)27-17)22-10-9-18(26)25-16-8-6-7-15(20)12(16)2;/h6-8H,5,9-11H2,1-4H3,(H,25,26)(H2,21,22,23);1H. The van der Waals surface area contributed by atoms with Gasteiger partial charge < -0.3 is 16.0 Å². The van der Waals surface area contributed by atoms with Crippen molar-refractivity contribution in [3.8, 4) is 0 Å². The molecule has 0 spiro atoms. The minimum absolute atomic E-state index is 0. The minimum Gasteiger partial charge on any atom is -0.357 e. The van der Waals surface area contributed by atoms with E-state index < -0.39 is 0 Å². The van der Waals surface area contributed by atoms with Gasteiger partial charge in [0.1, 0.15) is 0 Å². The van der Waals surface area contributed by atoms with Gasteiger partial charge in [-0.1, -0.05) is 17.7 Å². The number of carbonyl (C=O) groups is 1. The van der Waals surface area contributed by atoms with E-state index in [1.54, 1.807) is 17.4 Å². The van der Waals surface area contributed by atoms with Crippen LogP contribution in [0.3, 0.4) is 0 Å². The van der Waals surface area contributed by atoms with Crippen LogP contribution in [0.25, 0.3) is 0 Å². The van der Waals surface area contributed by atoms with Gasteiger partial charge >= 0.3 is 0 Å². The molecule has 154 valence electrons. The van der Waals surface area contributed by atoms with Crippen molar-refractivity contribution in [3.05, 3.63) is 44.4 Å². The van der Waals surface area contributed by atoms with Crippen molar-refractivity contribution in [2.75, 3.05) is 18.4 Å². The molecule has 2 aromatic rings. The largest absolute Gasteiger partial charge is 0.357 e. The van der Waals surface area contributed by atoms with E-state index in [2.05, 4.69) is 25.9 Å². The molecule has 0 aliphatic rings. The quantitative estimate of drug-likeness (QED) is 0.279. The number of nitrogens with zero attached hydrogens (tertiary/aromatic N) is 2. The summed E-state index contributed by atoms with van der Waals surface area (Å²) in [4.78, 5) is 22.3. The topological polar surface area (TPSA) is 78.4 Å². The van der Waals surface area contributed by atoms with Crippen LogP contribution < -0.4 is 16.0 Å². The molecule has 1 heterocycles. The van der Waals surface area contributed by atoms with Crippen LogP contribution in [0.2, 0.25) is 5.02 Å². The summed E-state index contributed by atoms with van der Waals surface area (Å²) < 4.78 is 0. The lowest BCUT2D eigenvalue weighted by atomic mass is 10.2. The third kappa shape index (κ3) is 7.56. The van der Waals surface area contributed by atoms with Crippen molar-refractivity contribution in [1.82, 2.24) is 15.6 Å². The molecule has 6 nitrogen and oxygen atoms in total. The zero-order valence-corrected chi connectivity index (χ0v) is 20.5. The van der Waals surface area contributed by atoms with Gasteiger partial charge in [0.25, 0.3) is 0 Å². The zero-order chi connectivity index (χ0) is 19.8. The highest BCUT2D eigenvalue weighted by Gasteiger charge is 2.08. The number of guanidine groups is 1. The van der Waals surface area contributed by atoms with Gasteiger partial charge in [0.05, 0.1) is 17.2 Å². The van der Waals surface area contributed by atoms with Gasteiger partial charge in [-0.05, 0) is 45.4 Å². The third-order valence-electron chi connectivity index (χ3n) is 3.91. The highest BCUT2D eigenvalue weighted by molar-refractivity contribution is 14.0. The monoisotopic (exact) mass is 535 g/mol. The normalized spacial score (nSPS) is 11.0. The van der Waals surface area contributed by atoms with Gasteiger partial charge in [-0.15, -0.1) is 35.3 Å². The average molecular weight is 536 g/mol. The second kappa shape index (κ2) is 12.2. The van der Waals surface area contributed by atoms with Crippen molar-refractivity contribution in [3.63, 3.8) is 0 Å². The Labute approximate surface area is 192 Å². The fraction of sp³-hybridized carbons (Fsp3) is 0.421. The number of hydrogen-bond donors (Lipinski definition) is 3. The summed E-state index contributed by atoms with van der Waals surface area (Å²) in [7, 11) is 0. The number of rotatable bonds is 7. The Morgan fingerprint density at radius 2 is 2.00 bits per heavy atom. The maximum Gasteiger partial charge on any atom is 0.226 e. The first-order valence-corrected chi connectivity index (χ1v) is 10.1. The molecule has 28 heavy (non-hydrogen) atoms. The first-order chi connectivity index (χ1) is 12.9. The van der Waals surface area contributed by atoms with Crippen LogP contribution in [0, 0.1) is 20.8 Å². The fourth-order valence-electron chi connectivity index (χ4n) is 2.46. The summed E-state index contributed by atoms with van der Waals surface area (Å²) in [5.41, 5.74) is 2.63. The molecule has 0 atom stereocenters. The van der Waals surface area contributed by atoms with Gasteiger partial charge in [0, 0.05) is 35.1 Å². The molecule has 0 aliphatic heterocycles. The number of carbonyl (C=O) groups excluding carboxylic acids is 1. The van der Waals surface area contributed by atoms with E-state index in [0.29, 0.717) is 30.5 Å². The predicted molar refractivity (Wildman–Crippen MR) is 129 cm³/mol. The van der Waals surface area contributed by atoms with Crippen LogP contribution in [0.4, 0.5) is 5.69 Å². The molecule has 0 unspecified atom stereocenters. The van der Waals surface area contributed by atoms with E-state index in [-0.39, 0.29) is 29.9 Å². The van der Waals surface area contributed by atoms with Crippen molar-refractivity contribution >= 4 is 64.5 Å². The molecular formula is C19H27ClIN5OS. The van der Waals surface area contributed by atoms with Crippen LogP contribution in [0.15, 0.2) is 23.2 Å². The summed E-state index contributed by atoms with van der Waals surface area (Å²) >= 11 is 7.74. The van der Waals surface area contributed by atoms with Gasteiger partial charge in [0.15, 0.2) is 5.96 Å². The molecule has 1 aromatic carbocycles. The number of nitrogens with one attached hydrogen (secondary N) is 3. The maximum absolute atomic E-state index is 12.2. The molecule has 2 rings (SSSR count). The Morgan fingerprint density at radius 3 is 2.64 bits per heavy atom. The van der Waals surface area contributed by atoms with Crippen molar-refractivity contribution in [2.45, 2.75) is 40.7 Å². The molecule has 3 N–H and O–H groups in total. The summed E-state index contributed by atoms with van der Waals surface area (Å²) in [5.74, 6) is 0.618. The molecule has 0 bridgehead atoms. The molecule has 0 aliphatic carbocycles. The second-order valence-electron chi connectivity index (χ2n) is 6.07. The number of hydrogen-bond acceptors (Lipinski definition) is 4. The van der Waals surface area contributed by atoms with E-state index in [4.69, 9.17) is 11.6 Å². The highest BCUT2D eigenvalue weighted by Crippen LogP contribution is 2.23. The number of aromatic nitrogens is 1. The molecule has 0 fully saturated rings. The van der Waals surface area contributed by atoms with Crippen LogP contribution in [-0.2, 0) is 11.3 Å². The Kier molecular flexibility index (Phi) is 10.8. The minimum atomic E-state index is -0.0716. The third-order valence-corrected chi connectivity index (χ3v) is 5.38. The Bertz CT molecular complexity index is 825. The van der Waals surface area contributed by atoms with Crippen molar-refractivity contribution < 1.29 is 4.79 Å². The Morgan fingerprint density at radius 1 is 1.25 bits per heavy atom. The molecular weight excluding hydrogens is 509 g/mol. The van der Waals surface area contributed by atoms with Crippen LogP contribution in [-0.4, -0.2) is 29.9 Å². The number of benzene rings is 1. The van der Waals surface area contributed by atoms with Crippen LogP contribution in [0.5, 0.6) is 0 Å². The summed E-state index contributed by atoms with van der Waals surface area (Å²) in [6.45, 7) is 9.69. The van der Waals surface area contributed by atoms with E-state index >= 15 is 0 Å². The fourth-order valence-corrected chi connectivity index (χ4v) is 3.50. The molecule has 0 saturated carbocycles. The van der Waals surface area contributed by atoms with Gasteiger partial charge in [-0.25, -0.2) is 9.98 Å². The average Bonchev–Trinajstić information content (AvgIpc) is 2.94. The number of halogens is 2. The lowest BCUT2D eigenvalue weighted by molar-refractivity contribution is -0.116. The van der Waals surface area contributed by atoms with Crippen molar-refractivity contribution in [1.29, 1.82) is 0 Å². The van der Waals surface area contributed by atoms with E-state index in [1.165, 1.54) is 0 Å². The number of anilines is 1. The molecule has 1 aromatic heterocycles. The Hall–Kier alpha value is -1.39. The first-order valence-electron chi connectivity index (χ1n) is 8.90. The zero-order valence-electron chi connectivity index (χ0n) is 16.6. The van der Waals surface area contributed by atoms with Crippen molar-refractivity contribution in [2.24, 2.45) is 4.99 Å². The van der Waals surface area contributed by atoms with E-state index in [1.807, 2.05) is 39.8 Å². The highest BCUT2D eigenvalue weighted by atomic mass is 127. The van der Waals surface area contributed by atoms with Crippen LogP contribution >= 0.6 is 46.9 Å². The molecule has 9 heteroatoms. The number of thiazole rings is 1. The first kappa shape index (κ1) is 24.6. The Balaban J connectivity index is 0.00000392. The molecule has 0 saturated heterocycles. The summed E-state index contributed by atoms with van der Waals surface area (Å²) in [5, 5.41) is 11.0. The summed E-state index contributed by atoms with van der Waals surface area (Å²) in [6, 6.07) is 5.47. The van der Waals surface area contributed by atoms with Gasteiger partial charge in [-0.2, -0.15) is 0 Å². The number of amides is 1. The van der Waals surface area contributed by atoms with E-state index in [0.717, 1.165) is 33.4 Å². The molecule has 0 radical (unpaired) electrons. The smallest absolute Gasteiger partial charge is 0.226 e.